The summed E-state index contributed by atoms with van der Waals surface area (Å²) in [6.07, 6.45) is 12.2. The molecule has 0 bridgehead atoms. The molecule has 0 rings (SSSR count). The SMILES string of the molecule is CCCC[SiH2]C(CCCCSSSSCCCCC(OCC)(OCC)[SiH2]CCCC)(OCC)OCC. The normalized spacial score (nSPS) is 13.2. The molecule has 218 valence electrons. The molecule has 0 heterocycles. The third kappa shape index (κ3) is 19.7. The summed E-state index contributed by atoms with van der Waals surface area (Å²) in [5.74, 6) is 2.41. The highest BCUT2D eigenvalue weighted by Gasteiger charge is 2.31. The molecule has 0 aliphatic rings. The van der Waals surface area contributed by atoms with Gasteiger partial charge >= 0.3 is 0 Å². The van der Waals surface area contributed by atoms with Crippen molar-refractivity contribution in [2.75, 3.05) is 37.9 Å². The van der Waals surface area contributed by atoms with Crippen LogP contribution in [0.4, 0.5) is 0 Å². The van der Waals surface area contributed by atoms with Crippen molar-refractivity contribution in [1.82, 2.24) is 0 Å². The number of unbranched alkanes of at least 4 members (excludes halogenated alkanes) is 4. The fourth-order valence-electron chi connectivity index (χ4n) is 4.47. The van der Waals surface area contributed by atoms with Gasteiger partial charge in [0.1, 0.15) is 10.8 Å². The zero-order chi connectivity index (χ0) is 26.8. The van der Waals surface area contributed by atoms with E-state index in [4.69, 9.17) is 18.9 Å². The molecule has 0 unspecified atom stereocenters. The van der Waals surface area contributed by atoms with Crippen molar-refractivity contribution in [1.29, 1.82) is 0 Å². The summed E-state index contributed by atoms with van der Waals surface area (Å²) < 4.78 is 24.7. The van der Waals surface area contributed by atoms with Gasteiger partial charge in [0.25, 0.3) is 0 Å². The minimum atomic E-state index is -0.371. The first-order valence-electron chi connectivity index (χ1n) is 14.7. The lowest BCUT2D eigenvalue weighted by Crippen LogP contribution is -2.42. The monoisotopic (exact) mass is 618 g/mol. The molecule has 0 radical (unpaired) electrons. The molecule has 0 spiro atoms. The van der Waals surface area contributed by atoms with Crippen LogP contribution in [0.3, 0.4) is 0 Å². The van der Waals surface area contributed by atoms with Gasteiger partial charge in [0.2, 0.25) is 0 Å². The summed E-state index contributed by atoms with van der Waals surface area (Å²) in [5, 5.41) is 0. The zero-order valence-electron chi connectivity index (χ0n) is 24.4. The lowest BCUT2D eigenvalue weighted by molar-refractivity contribution is -0.180. The van der Waals surface area contributed by atoms with E-state index >= 15 is 0 Å². The smallest absolute Gasteiger partial charge is 0.144 e. The van der Waals surface area contributed by atoms with Gasteiger partial charge in [-0.1, -0.05) is 73.2 Å². The summed E-state index contributed by atoms with van der Waals surface area (Å²) in [6, 6.07) is 2.65. The summed E-state index contributed by atoms with van der Waals surface area (Å²) >= 11 is 0. The zero-order valence-corrected chi connectivity index (χ0v) is 30.5. The van der Waals surface area contributed by atoms with E-state index in [1.807, 2.05) is 41.2 Å². The van der Waals surface area contributed by atoms with Crippen LogP contribution in [0.2, 0.25) is 12.1 Å². The highest BCUT2D eigenvalue weighted by atomic mass is 33.7. The Morgan fingerprint density at radius 1 is 0.500 bits per heavy atom. The summed E-state index contributed by atoms with van der Waals surface area (Å²) in [6.45, 7) is 16.0. The van der Waals surface area contributed by atoms with E-state index in [2.05, 4.69) is 41.5 Å². The molecule has 0 aliphatic carbocycles. The lowest BCUT2D eigenvalue weighted by Gasteiger charge is -2.33. The van der Waals surface area contributed by atoms with Crippen LogP contribution in [-0.2, 0) is 18.9 Å². The minimum Gasteiger partial charge on any atom is -0.355 e. The number of hydrogen-bond donors (Lipinski definition) is 0. The molecule has 0 N–H and O–H groups in total. The predicted octanol–water partition coefficient (Wildman–Crippen LogP) is 8.23. The van der Waals surface area contributed by atoms with Crippen molar-refractivity contribution in [3.8, 4) is 0 Å². The molecule has 0 saturated heterocycles. The van der Waals surface area contributed by atoms with E-state index in [9.17, 15) is 0 Å². The van der Waals surface area contributed by atoms with Gasteiger partial charge in [-0.25, -0.2) is 0 Å². The topological polar surface area (TPSA) is 36.9 Å². The predicted molar refractivity (Wildman–Crippen MR) is 176 cm³/mol. The molecule has 0 amide bonds. The molecule has 0 aromatic carbocycles. The molecule has 36 heavy (non-hydrogen) atoms. The van der Waals surface area contributed by atoms with Crippen LogP contribution in [0.15, 0.2) is 0 Å². The van der Waals surface area contributed by atoms with Crippen molar-refractivity contribution >= 4 is 60.3 Å². The Bertz CT molecular complexity index is 416. The Morgan fingerprint density at radius 3 is 1.17 bits per heavy atom. The quantitative estimate of drug-likeness (QED) is 0.0359. The second kappa shape index (κ2) is 26.9. The first kappa shape index (κ1) is 37.7. The average molecular weight is 619 g/mol. The summed E-state index contributed by atoms with van der Waals surface area (Å²) in [7, 11) is 7.14. The van der Waals surface area contributed by atoms with E-state index < -0.39 is 0 Å². The average Bonchev–Trinajstić information content (AvgIpc) is 2.86. The molecular weight excluding hydrogens is 561 g/mol. The van der Waals surface area contributed by atoms with E-state index in [0.29, 0.717) is 0 Å². The van der Waals surface area contributed by atoms with Crippen molar-refractivity contribution < 1.29 is 18.9 Å². The Hall–Kier alpha value is 1.67. The Kier molecular flexibility index (Phi) is 28.1. The third-order valence-corrected chi connectivity index (χ3v) is 17.5. The second-order valence-electron chi connectivity index (χ2n) is 9.16. The highest BCUT2D eigenvalue weighted by Crippen LogP contribution is 2.43. The Balaban J connectivity index is 4.01. The molecule has 0 atom stereocenters. The van der Waals surface area contributed by atoms with E-state index in [1.165, 1.54) is 75.0 Å². The fourth-order valence-corrected chi connectivity index (χ4v) is 15.7. The molecular formula is C26H58O4S4Si2. The number of hydrogen-bond acceptors (Lipinski definition) is 8. The Labute approximate surface area is 244 Å². The van der Waals surface area contributed by atoms with Crippen LogP contribution < -0.4 is 0 Å². The van der Waals surface area contributed by atoms with Gasteiger partial charge in [0.15, 0.2) is 0 Å². The van der Waals surface area contributed by atoms with E-state index in [1.54, 1.807) is 0 Å². The van der Waals surface area contributed by atoms with Gasteiger partial charge < -0.3 is 18.9 Å². The molecule has 0 aromatic heterocycles. The maximum Gasteiger partial charge on any atom is 0.144 e. The lowest BCUT2D eigenvalue weighted by atomic mass is 10.2. The molecule has 0 fully saturated rings. The molecule has 0 aliphatic heterocycles. The second-order valence-corrected chi connectivity index (χ2v) is 20.0. The van der Waals surface area contributed by atoms with E-state index in [-0.39, 0.29) is 29.9 Å². The number of rotatable bonds is 29. The van der Waals surface area contributed by atoms with Crippen molar-refractivity contribution in [2.45, 2.75) is 129 Å². The highest BCUT2D eigenvalue weighted by molar-refractivity contribution is 9.26. The van der Waals surface area contributed by atoms with Crippen LogP contribution in [0.25, 0.3) is 0 Å². The minimum absolute atomic E-state index is 0.221. The maximum absolute atomic E-state index is 6.19. The summed E-state index contributed by atoms with van der Waals surface area (Å²) in [5.41, 5.74) is -0.441. The number of ether oxygens (including phenoxy) is 4. The molecule has 0 aromatic rings. The van der Waals surface area contributed by atoms with Crippen LogP contribution >= 0.6 is 41.2 Å². The molecule has 0 saturated carbocycles. The summed E-state index contributed by atoms with van der Waals surface area (Å²) in [4.78, 5) is 0. The maximum atomic E-state index is 6.19. The van der Waals surface area contributed by atoms with Crippen molar-refractivity contribution in [3.63, 3.8) is 0 Å². The van der Waals surface area contributed by atoms with Crippen LogP contribution in [0.5, 0.6) is 0 Å². The van der Waals surface area contributed by atoms with Gasteiger partial charge in [-0.15, -0.1) is 0 Å². The largest absolute Gasteiger partial charge is 0.355 e. The van der Waals surface area contributed by atoms with Gasteiger partial charge in [-0.05, 0) is 85.9 Å². The molecule has 10 heteroatoms. The first-order chi connectivity index (χ1) is 17.6. The van der Waals surface area contributed by atoms with Gasteiger partial charge in [-0.2, -0.15) is 0 Å². The van der Waals surface area contributed by atoms with Crippen molar-refractivity contribution in [2.24, 2.45) is 0 Å². The Morgan fingerprint density at radius 2 is 0.861 bits per heavy atom. The molecule has 4 nitrogen and oxygen atoms in total. The van der Waals surface area contributed by atoms with Crippen LogP contribution in [0, 0.1) is 0 Å². The standard InChI is InChI=1S/C26H58O4S4Si2/c1-7-13-23-35-25(27-9-3,28-10-4)19-15-17-21-31-33-34-32-22-18-16-20-26(29-11-5,30-12-6)36-24-14-8-2/h7-24,35-36H2,1-6H3. The van der Waals surface area contributed by atoms with Crippen LogP contribution in [-0.4, -0.2) is 67.8 Å². The third-order valence-electron chi connectivity index (χ3n) is 6.15. The van der Waals surface area contributed by atoms with Crippen molar-refractivity contribution in [3.05, 3.63) is 0 Å². The van der Waals surface area contributed by atoms with Gasteiger partial charge in [0, 0.05) is 37.9 Å². The van der Waals surface area contributed by atoms with Gasteiger partial charge in [-0.3, -0.25) is 0 Å². The fraction of sp³-hybridized carbons (Fsp3) is 1.00. The van der Waals surface area contributed by atoms with E-state index in [0.717, 1.165) is 39.3 Å². The van der Waals surface area contributed by atoms with Gasteiger partial charge in [0.05, 0.1) is 19.0 Å². The first-order valence-corrected chi connectivity index (χ1v) is 23.3. The van der Waals surface area contributed by atoms with Crippen LogP contribution in [0.1, 0.15) is 106 Å².